The van der Waals surface area contributed by atoms with Crippen LogP contribution in [-0.2, 0) is 6.42 Å². The van der Waals surface area contributed by atoms with Crippen LogP contribution in [0.4, 0.5) is 0 Å². The zero-order valence-electron chi connectivity index (χ0n) is 11.2. The van der Waals surface area contributed by atoms with E-state index in [-0.39, 0.29) is 0 Å². The van der Waals surface area contributed by atoms with Crippen molar-refractivity contribution in [3.8, 4) is 0 Å². The molecule has 98 valence electrons. The van der Waals surface area contributed by atoms with Gasteiger partial charge in [0.15, 0.2) is 0 Å². The second kappa shape index (κ2) is 10.3. The zero-order chi connectivity index (χ0) is 12.2. The van der Waals surface area contributed by atoms with Gasteiger partial charge in [0.1, 0.15) is 0 Å². The number of aromatic amines is 1. The van der Waals surface area contributed by atoms with Gasteiger partial charge in [-0.05, 0) is 12.8 Å². The number of H-pyrrole nitrogens is 1. The lowest BCUT2D eigenvalue weighted by molar-refractivity contribution is 0.555. The summed E-state index contributed by atoms with van der Waals surface area (Å²) in [4.78, 5) is 0. The Balaban J connectivity index is 1.76. The predicted octanol–water partition coefficient (Wildman–Crippen LogP) is 4.27. The highest BCUT2D eigenvalue weighted by Gasteiger charge is 1.96. The van der Waals surface area contributed by atoms with Crippen molar-refractivity contribution in [2.75, 3.05) is 0 Å². The van der Waals surface area contributed by atoms with Gasteiger partial charge >= 0.3 is 0 Å². The minimum atomic E-state index is 1.08. The Bertz CT molecular complexity index is 244. The van der Waals surface area contributed by atoms with E-state index < -0.39 is 0 Å². The molecule has 0 spiro atoms. The summed E-state index contributed by atoms with van der Waals surface area (Å²) in [6, 6.07) is 0. The molecule has 1 rings (SSSR count). The van der Waals surface area contributed by atoms with E-state index in [2.05, 4.69) is 22.3 Å². The number of unbranched alkanes of at least 4 members (excludes halogenated alkanes) is 9. The number of hydrogen-bond donors (Lipinski definition) is 1. The van der Waals surface area contributed by atoms with E-state index in [1.807, 2.05) is 6.20 Å². The normalized spacial score (nSPS) is 10.9. The van der Waals surface area contributed by atoms with Crippen molar-refractivity contribution < 1.29 is 0 Å². The van der Waals surface area contributed by atoms with Crippen LogP contribution in [0.15, 0.2) is 6.20 Å². The Morgan fingerprint density at radius 2 is 1.47 bits per heavy atom. The first-order chi connectivity index (χ1) is 8.43. The van der Waals surface area contributed by atoms with Gasteiger partial charge in [-0.2, -0.15) is 0 Å². The van der Waals surface area contributed by atoms with Crippen LogP contribution < -0.4 is 0 Å². The minimum absolute atomic E-state index is 1.08. The summed E-state index contributed by atoms with van der Waals surface area (Å²) < 4.78 is 0. The molecule has 17 heavy (non-hydrogen) atoms. The summed E-state index contributed by atoms with van der Waals surface area (Å²) in [5, 5.41) is 10.5. The largest absolute Gasteiger partial charge is 0.265 e. The van der Waals surface area contributed by atoms with E-state index in [0.717, 1.165) is 12.1 Å². The highest BCUT2D eigenvalue weighted by Crippen LogP contribution is 2.11. The summed E-state index contributed by atoms with van der Waals surface area (Å²) in [6.45, 7) is 2.27. The van der Waals surface area contributed by atoms with Gasteiger partial charge in [-0.25, -0.2) is 0 Å². The number of aryl methyl sites for hydroxylation is 1. The molecule has 0 bridgehead atoms. The number of nitrogens with zero attached hydrogens (tertiary/aromatic N) is 2. The van der Waals surface area contributed by atoms with Gasteiger partial charge in [0.05, 0.1) is 5.69 Å². The van der Waals surface area contributed by atoms with Crippen molar-refractivity contribution in [2.24, 2.45) is 0 Å². The van der Waals surface area contributed by atoms with Crippen molar-refractivity contribution >= 4 is 0 Å². The molecule has 0 aliphatic carbocycles. The molecule has 0 saturated carbocycles. The maximum absolute atomic E-state index is 3.99. The van der Waals surface area contributed by atoms with E-state index in [1.54, 1.807) is 0 Å². The molecular weight excluding hydrogens is 210 g/mol. The van der Waals surface area contributed by atoms with Crippen LogP contribution in [0.1, 0.15) is 76.8 Å². The lowest BCUT2D eigenvalue weighted by atomic mass is 10.1. The van der Waals surface area contributed by atoms with E-state index in [1.165, 1.54) is 64.2 Å². The van der Waals surface area contributed by atoms with Gasteiger partial charge in [0, 0.05) is 6.20 Å². The van der Waals surface area contributed by atoms with Crippen LogP contribution in [-0.4, -0.2) is 15.4 Å². The second-order valence-corrected chi connectivity index (χ2v) is 4.90. The second-order valence-electron chi connectivity index (χ2n) is 4.90. The minimum Gasteiger partial charge on any atom is -0.265 e. The van der Waals surface area contributed by atoms with Gasteiger partial charge in [-0.1, -0.05) is 69.9 Å². The Morgan fingerprint density at radius 1 is 0.882 bits per heavy atom. The molecule has 3 heteroatoms. The Labute approximate surface area is 105 Å². The maximum Gasteiger partial charge on any atom is 0.0824 e. The average molecular weight is 237 g/mol. The number of nitrogens with one attached hydrogen (secondary N) is 1. The molecule has 0 aliphatic rings. The number of aromatic nitrogens is 3. The SMILES string of the molecule is CCCCCCCCCCCCc1c[nH]nn1. The van der Waals surface area contributed by atoms with E-state index in [4.69, 9.17) is 0 Å². The number of rotatable bonds is 11. The topological polar surface area (TPSA) is 41.6 Å². The van der Waals surface area contributed by atoms with Crippen LogP contribution in [0.25, 0.3) is 0 Å². The summed E-state index contributed by atoms with van der Waals surface area (Å²) in [6.07, 6.45) is 16.8. The molecule has 3 nitrogen and oxygen atoms in total. The predicted molar refractivity (Wildman–Crippen MR) is 71.9 cm³/mol. The van der Waals surface area contributed by atoms with E-state index in [0.29, 0.717) is 0 Å². The highest BCUT2D eigenvalue weighted by molar-refractivity contribution is 4.89. The first kappa shape index (κ1) is 14.2. The number of hydrogen-bond acceptors (Lipinski definition) is 2. The van der Waals surface area contributed by atoms with Gasteiger partial charge in [-0.15, -0.1) is 5.10 Å². The molecule has 1 aromatic rings. The molecule has 1 heterocycles. The lowest BCUT2D eigenvalue weighted by Gasteiger charge is -2.01. The first-order valence-corrected chi connectivity index (χ1v) is 7.29. The third-order valence-electron chi connectivity index (χ3n) is 3.25. The van der Waals surface area contributed by atoms with Crippen LogP contribution in [0.3, 0.4) is 0 Å². The van der Waals surface area contributed by atoms with Crippen LogP contribution in [0.2, 0.25) is 0 Å². The Morgan fingerprint density at radius 3 is 2.00 bits per heavy atom. The molecule has 0 amide bonds. The fourth-order valence-corrected chi connectivity index (χ4v) is 2.14. The lowest BCUT2D eigenvalue weighted by Crippen LogP contribution is -1.87. The maximum atomic E-state index is 3.99. The standard InChI is InChI=1S/C14H27N3/c1-2-3-4-5-6-7-8-9-10-11-12-14-13-15-17-16-14/h13H,2-12H2,1H3,(H,15,16,17). The summed E-state index contributed by atoms with van der Waals surface area (Å²) in [7, 11) is 0. The van der Waals surface area contributed by atoms with Gasteiger partial charge in [0.25, 0.3) is 0 Å². The third kappa shape index (κ3) is 7.94. The molecule has 0 radical (unpaired) electrons. The molecule has 1 N–H and O–H groups in total. The van der Waals surface area contributed by atoms with Crippen molar-refractivity contribution in [3.63, 3.8) is 0 Å². The molecule has 1 aromatic heterocycles. The van der Waals surface area contributed by atoms with Crippen molar-refractivity contribution in [1.82, 2.24) is 15.4 Å². The molecule has 0 saturated heterocycles. The first-order valence-electron chi connectivity index (χ1n) is 7.29. The smallest absolute Gasteiger partial charge is 0.0824 e. The third-order valence-corrected chi connectivity index (χ3v) is 3.25. The fourth-order valence-electron chi connectivity index (χ4n) is 2.14. The Hall–Kier alpha value is -0.860. The summed E-state index contributed by atoms with van der Waals surface area (Å²) in [5.41, 5.74) is 1.10. The van der Waals surface area contributed by atoms with Gasteiger partial charge in [0.2, 0.25) is 0 Å². The van der Waals surface area contributed by atoms with Crippen molar-refractivity contribution in [3.05, 3.63) is 11.9 Å². The fraction of sp³-hybridized carbons (Fsp3) is 0.857. The highest BCUT2D eigenvalue weighted by atomic mass is 15.3. The molecule has 0 atom stereocenters. The van der Waals surface area contributed by atoms with Gasteiger partial charge in [-0.3, -0.25) is 5.10 Å². The van der Waals surface area contributed by atoms with Crippen molar-refractivity contribution in [2.45, 2.75) is 77.6 Å². The van der Waals surface area contributed by atoms with Crippen LogP contribution >= 0.6 is 0 Å². The van der Waals surface area contributed by atoms with E-state index in [9.17, 15) is 0 Å². The molecule has 0 fully saturated rings. The average Bonchev–Trinajstić information content (AvgIpc) is 2.85. The van der Waals surface area contributed by atoms with Crippen LogP contribution in [0, 0.1) is 0 Å². The molecule has 0 aliphatic heterocycles. The molecular formula is C14H27N3. The van der Waals surface area contributed by atoms with Gasteiger partial charge < -0.3 is 0 Å². The molecule has 0 aromatic carbocycles. The van der Waals surface area contributed by atoms with Crippen molar-refractivity contribution in [1.29, 1.82) is 0 Å². The van der Waals surface area contributed by atoms with E-state index >= 15 is 0 Å². The Kier molecular flexibility index (Phi) is 8.61. The zero-order valence-corrected chi connectivity index (χ0v) is 11.2. The monoisotopic (exact) mass is 237 g/mol. The molecule has 0 unspecified atom stereocenters. The quantitative estimate of drug-likeness (QED) is 0.584. The van der Waals surface area contributed by atoms with Crippen LogP contribution in [0.5, 0.6) is 0 Å². The summed E-state index contributed by atoms with van der Waals surface area (Å²) in [5.74, 6) is 0. The summed E-state index contributed by atoms with van der Waals surface area (Å²) >= 11 is 0.